The second-order valence-electron chi connectivity index (χ2n) is 4.77. The van der Waals surface area contributed by atoms with E-state index in [0.29, 0.717) is 22.8 Å². The molecule has 0 fully saturated rings. The van der Waals surface area contributed by atoms with Crippen LogP contribution in [0.1, 0.15) is 21.5 Å². The first-order valence-electron chi connectivity index (χ1n) is 6.44. The predicted octanol–water partition coefficient (Wildman–Crippen LogP) is 3.20. The summed E-state index contributed by atoms with van der Waals surface area (Å²) in [5.41, 5.74) is 9.07. The minimum atomic E-state index is -0.160. The third-order valence-electron chi connectivity index (χ3n) is 2.96. The summed E-state index contributed by atoms with van der Waals surface area (Å²) < 4.78 is 0. The van der Waals surface area contributed by atoms with Crippen molar-refractivity contribution in [1.29, 1.82) is 0 Å². The molecule has 0 saturated carbocycles. The Labute approximate surface area is 123 Å². The molecule has 0 spiro atoms. The van der Waals surface area contributed by atoms with Crippen LogP contribution >= 0.6 is 11.6 Å². The van der Waals surface area contributed by atoms with Gasteiger partial charge in [0.2, 0.25) is 0 Å². The van der Waals surface area contributed by atoms with E-state index in [9.17, 15) is 4.79 Å². The lowest BCUT2D eigenvalue weighted by atomic mass is 10.1. The summed E-state index contributed by atoms with van der Waals surface area (Å²) >= 11 is 5.88. The van der Waals surface area contributed by atoms with Crippen molar-refractivity contribution in [3.8, 4) is 0 Å². The molecule has 3 N–H and O–H groups in total. The quantitative estimate of drug-likeness (QED) is 0.849. The van der Waals surface area contributed by atoms with Gasteiger partial charge in [-0.25, -0.2) is 0 Å². The Morgan fingerprint density at radius 1 is 1.25 bits per heavy atom. The lowest BCUT2D eigenvalue weighted by Gasteiger charge is -2.07. The second-order valence-corrected chi connectivity index (χ2v) is 5.20. The van der Waals surface area contributed by atoms with Gasteiger partial charge in [0, 0.05) is 22.8 Å². The fourth-order valence-corrected chi connectivity index (χ4v) is 2.28. The fourth-order valence-electron chi connectivity index (χ4n) is 2.03. The number of carbonyl (C=O) groups excluding carboxylic acids is 1. The lowest BCUT2D eigenvalue weighted by Crippen LogP contribution is -2.25. The number of aryl methyl sites for hydroxylation is 1. The zero-order chi connectivity index (χ0) is 14.5. The van der Waals surface area contributed by atoms with Gasteiger partial charge in [-0.15, -0.1) is 0 Å². The summed E-state index contributed by atoms with van der Waals surface area (Å²) in [7, 11) is 0. The Balaban J connectivity index is 1.92. The molecule has 0 aromatic heterocycles. The minimum Gasteiger partial charge on any atom is -0.399 e. The smallest absolute Gasteiger partial charge is 0.251 e. The van der Waals surface area contributed by atoms with E-state index in [1.54, 1.807) is 18.2 Å². The fraction of sp³-hybridized carbons (Fsp3) is 0.188. The summed E-state index contributed by atoms with van der Waals surface area (Å²) in [5, 5.41) is 3.33. The molecule has 3 nitrogen and oxygen atoms in total. The standard InChI is InChI=1S/C16H17ClN2O/c1-11-3-2-4-12(7-11)5-6-19-16(20)13-8-14(17)10-15(18)9-13/h2-4,7-10H,5-6,18H2,1H3,(H,19,20). The van der Waals surface area contributed by atoms with Gasteiger partial charge in [-0.2, -0.15) is 0 Å². The van der Waals surface area contributed by atoms with Gasteiger partial charge in [0.1, 0.15) is 0 Å². The Morgan fingerprint density at radius 2 is 2.05 bits per heavy atom. The molecule has 2 aromatic rings. The Morgan fingerprint density at radius 3 is 2.75 bits per heavy atom. The van der Waals surface area contributed by atoms with Crippen LogP contribution < -0.4 is 11.1 Å². The van der Waals surface area contributed by atoms with E-state index in [1.165, 1.54) is 11.1 Å². The monoisotopic (exact) mass is 288 g/mol. The Bertz CT molecular complexity index is 605. The van der Waals surface area contributed by atoms with E-state index in [-0.39, 0.29) is 5.91 Å². The number of carbonyl (C=O) groups is 1. The number of amides is 1. The highest BCUT2D eigenvalue weighted by Gasteiger charge is 2.07. The SMILES string of the molecule is Cc1cccc(CCNC(=O)c2cc(N)cc(Cl)c2)c1. The van der Waals surface area contributed by atoms with Crippen LogP contribution in [0.3, 0.4) is 0 Å². The van der Waals surface area contributed by atoms with E-state index < -0.39 is 0 Å². The van der Waals surface area contributed by atoms with E-state index in [1.807, 2.05) is 6.07 Å². The number of nitrogen functional groups attached to an aromatic ring is 1. The molecule has 0 heterocycles. The van der Waals surface area contributed by atoms with Gasteiger partial charge in [-0.1, -0.05) is 41.4 Å². The highest BCUT2D eigenvalue weighted by Crippen LogP contribution is 2.16. The summed E-state index contributed by atoms with van der Waals surface area (Å²) in [6, 6.07) is 13.1. The van der Waals surface area contributed by atoms with Crippen molar-refractivity contribution in [2.75, 3.05) is 12.3 Å². The molecule has 2 rings (SSSR count). The van der Waals surface area contributed by atoms with Gasteiger partial charge in [-0.3, -0.25) is 4.79 Å². The van der Waals surface area contributed by atoms with Crippen LogP contribution in [0.25, 0.3) is 0 Å². The van der Waals surface area contributed by atoms with Crippen LogP contribution in [-0.2, 0) is 6.42 Å². The summed E-state index contributed by atoms with van der Waals surface area (Å²) in [6.45, 7) is 2.63. The molecular formula is C16H17ClN2O. The van der Waals surface area contributed by atoms with Crippen LogP contribution in [-0.4, -0.2) is 12.5 Å². The Kier molecular flexibility index (Phi) is 4.64. The third kappa shape index (κ3) is 4.00. The number of hydrogen-bond donors (Lipinski definition) is 2. The first-order valence-corrected chi connectivity index (χ1v) is 6.82. The molecule has 4 heteroatoms. The first kappa shape index (κ1) is 14.4. The van der Waals surface area contributed by atoms with Crippen molar-refractivity contribution in [3.05, 3.63) is 64.2 Å². The molecule has 2 aromatic carbocycles. The van der Waals surface area contributed by atoms with Gasteiger partial charge < -0.3 is 11.1 Å². The van der Waals surface area contributed by atoms with Gasteiger partial charge >= 0.3 is 0 Å². The maximum absolute atomic E-state index is 12.0. The van der Waals surface area contributed by atoms with Crippen molar-refractivity contribution in [2.24, 2.45) is 0 Å². The Hall–Kier alpha value is -2.00. The topological polar surface area (TPSA) is 55.1 Å². The molecule has 0 bridgehead atoms. The van der Waals surface area contributed by atoms with E-state index >= 15 is 0 Å². The lowest BCUT2D eigenvalue weighted by molar-refractivity contribution is 0.0954. The van der Waals surface area contributed by atoms with E-state index in [0.717, 1.165) is 6.42 Å². The van der Waals surface area contributed by atoms with Gasteiger partial charge in [-0.05, 0) is 37.1 Å². The van der Waals surface area contributed by atoms with Crippen molar-refractivity contribution in [1.82, 2.24) is 5.32 Å². The highest BCUT2D eigenvalue weighted by molar-refractivity contribution is 6.31. The van der Waals surface area contributed by atoms with Gasteiger partial charge in [0.25, 0.3) is 5.91 Å². The van der Waals surface area contributed by atoms with E-state index in [4.69, 9.17) is 17.3 Å². The van der Waals surface area contributed by atoms with Crippen LogP contribution in [0.5, 0.6) is 0 Å². The molecule has 104 valence electrons. The number of benzene rings is 2. The second kappa shape index (κ2) is 6.44. The minimum absolute atomic E-state index is 0.160. The number of halogens is 1. The number of nitrogens with one attached hydrogen (secondary N) is 1. The van der Waals surface area contributed by atoms with Crippen molar-refractivity contribution in [2.45, 2.75) is 13.3 Å². The van der Waals surface area contributed by atoms with Gasteiger partial charge in [0.05, 0.1) is 0 Å². The van der Waals surface area contributed by atoms with Crippen molar-refractivity contribution in [3.63, 3.8) is 0 Å². The molecule has 20 heavy (non-hydrogen) atoms. The summed E-state index contributed by atoms with van der Waals surface area (Å²) in [4.78, 5) is 12.0. The number of nitrogens with two attached hydrogens (primary N) is 1. The van der Waals surface area contributed by atoms with Crippen molar-refractivity contribution < 1.29 is 4.79 Å². The van der Waals surface area contributed by atoms with Crippen LogP contribution in [0.4, 0.5) is 5.69 Å². The molecule has 0 atom stereocenters. The van der Waals surface area contributed by atoms with Crippen LogP contribution in [0.15, 0.2) is 42.5 Å². The molecule has 1 amide bonds. The molecule has 0 aliphatic heterocycles. The summed E-state index contributed by atoms with van der Waals surface area (Å²) in [6.07, 6.45) is 0.795. The molecule has 0 aliphatic carbocycles. The maximum Gasteiger partial charge on any atom is 0.251 e. The number of hydrogen-bond acceptors (Lipinski definition) is 2. The summed E-state index contributed by atoms with van der Waals surface area (Å²) in [5.74, 6) is -0.160. The molecular weight excluding hydrogens is 272 g/mol. The third-order valence-corrected chi connectivity index (χ3v) is 3.18. The normalized spacial score (nSPS) is 10.3. The average molecular weight is 289 g/mol. The number of anilines is 1. The van der Waals surface area contributed by atoms with E-state index in [2.05, 4.69) is 30.4 Å². The van der Waals surface area contributed by atoms with Gasteiger partial charge in [0.15, 0.2) is 0 Å². The van der Waals surface area contributed by atoms with Crippen molar-refractivity contribution >= 4 is 23.2 Å². The molecule has 0 aliphatic rings. The largest absolute Gasteiger partial charge is 0.399 e. The molecule has 0 saturated heterocycles. The van der Waals surface area contributed by atoms with Crippen LogP contribution in [0, 0.1) is 6.92 Å². The first-order chi connectivity index (χ1) is 9.54. The predicted molar refractivity (Wildman–Crippen MR) is 83.1 cm³/mol. The molecule has 0 unspecified atom stereocenters. The highest BCUT2D eigenvalue weighted by atomic mass is 35.5. The van der Waals surface area contributed by atoms with Crippen LogP contribution in [0.2, 0.25) is 5.02 Å². The molecule has 0 radical (unpaired) electrons. The average Bonchev–Trinajstić information content (AvgIpc) is 2.37. The number of rotatable bonds is 4. The zero-order valence-corrected chi connectivity index (χ0v) is 12.1. The maximum atomic E-state index is 12.0. The zero-order valence-electron chi connectivity index (χ0n) is 11.3.